The maximum atomic E-state index is 5.76. The maximum Gasteiger partial charge on any atom is 0.173 e. The predicted octanol–water partition coefficient (Wildman–Crippen LogP) is 8.46. The molecular weight excluding hydrogens is 499 g/mol. The Morgan fingerprint density at radius 1 is 1.03 bits per heavy atom. The zero-order valence-electron chi connectivity index (χ0n) is 22.1. The van der Waals surface area contributed by atoms with Crippen LogP contribution in [0.2, 0.25) is 0 Å². The number of hydrogen-bond donors (Lipinski definition) is 1. The molecule has 0 unspecified atom stereocenters. The number of nitrogens with one attached hydrogen (secondary N) is 1. The van der Waals surface area contributed by atoms with Gasteiger partial charge in [0, 0.05) is 34.8 Å². The van der Waals surface area contributed by atoms with Gasteiger partial charge < -0.3 is 10.2 Å². The topological polar surface area (TPSA) is 28.2 Å². The Balaban J connectivity index is 1.26. The summed E-state index contributed by atoms with van der Waals surface area (Å²) in [6.45, 7) is 11.5. The van der Waals surface area contributed by atoms with Crippen molar-refractivity contribution in [2.75, 3.05) is 24.7 Å². The highest BCUT2D eigenvalue weighted by Gasteiger charge is 2.37. The van der Waals surface area contributed by atoms with Gasteiger partial charge in [0.15, 0.2) is 5.11 Å². The number of thiocarbonyl (C=S) groups is 1. The normalized spacial score (nSPS) is 19.1. The number of fused-ring (bicyclic) bond motifs is 1. The zero-order valence-corrected chi connectivity index (χ0v) is 24.5. The van der Waals surface area contributed by atoms with Crippen LogP contribution < -0.4 is 5.32 Å². The van der Waals surface area contributed by atoms with Crippen LogP contribution in [0.4, 0.5) is 5.69 Å². The summed E-state index contributed by atoms with van der Waals surface area (Å²) in [5.74, 6) is 0.509. The number of thiazole rings is 1. The van der Waals surface area contributed by atoms with E-state index in [2.05, 4.69) is 92.0 Å². The number of rotatable bonds is 4. The van der Waals surface area contributed by atoms with Crippen LogP contribution in [0.5, 0.6) is 0 Å². The molecule has 3 aromatic rings. The fraction of sp³-hybridized carbons (Fsp3) is 0.467. The second kappa shape index (κ2) is 10.1. The van der Waals surface area contributed by atoms with Crippen LogP contribution in [0, 0.1) is 0 Å². The number of benzene rings is 2. The predicted molar refractivity (Wildman–Crippen MR) is 161 cm³/mol. The summed E-state index contributed by atoms with van der Waals surface area (Å²) in [5.41, 5.74) is 6.96. The van der Waals surface area contributed by atoms with E-state index in [4.69, 9.17) is 17.2 Å². The van der Waals surface area contributed by atoms with Crippen molar-refractivity contribution < 1.29 is 0 Å². The van der Waals surface area contributed by atoms with Gasteiger partial charge in [0.05, 0.1) is 16.4 Å². The van der Waals surface area contributed by atoms with E-state index in [-0.39, 0.29) is 10.8 Å². The molecule has 0 saturated carbocycles. The van der Waals surface area contributed by atoms with Gasteiger partial charge in [-0.25, -0.2) is 4.98 Å². The van der Waals surface area contributed by atoms with Gasteiger partial charge in [0.1, 0.15) is 0 Å². The first-order valence-corrected chi connectivity index (χ1v) is 15.5. The lowest BCUT2D eigenvalue weighted by atomic mass is 9.63. The smallest absolute Gasteiger partial charge is 0.173 e. The van der Waals surface area contributed by atoms with Gasteiger partial charge in [-0.05, 0) is 84.3 Å². The van der Waals surface area contributed by atoms with Gasteiger partial charge in [-0.15, -0.1) is 23.1 Å². The van der Waals surface area contributed by atoms with E-state index in [1.807, 2.05) is 11.3 Å². The fourth-order valence-corrected chi connectivity index (χ4v) is 7.47. The summed E-state index contributed by atoms with van der Waals surface area (Å²) < 4.78 is 0. The number of piperidine rings is 1. The van der Waals surface area contributed by atoms with Gasteiger partial charge in [-0.3, -0.25) is 0 Å². The standard InChI is InChI=1S/C30H37N3S3/c1-29(2)14-15-30(3,4)23-18-21(10-11-22(23)29)25-19-36-27(31-25)20-12-16-33(17-13-20)28(34)32-24-8-6-7-9-26(24)35-5/h6-11,18-20H,12-17H2,1-5H3,(H,32,34). The molecule has 0 spiro atoms. The van der Waals surface area contributed by atoms with Crippen LogP contribution in [-0.4, -0.2) is 34.3 Å². The fourth-order valence-electron chi connectivity index (χ4n) is 5.63. The zero-order chi connectivity index (χ0) is 25.5. The second-order valence-electron chi connectivity index (χ2n) is 11.5. The Morgan fingerprint density at radius 3 is 2.44 bits per heavy atom. The molecule has 2 heterocycles. The third-order valence-electron chi connectivity index (χ3n) is 8.15. The van der Waals surface area contributed by atoms with E-state index in [0.29, 0.717) is 5.92 Å². The first kappa shape index (κ1) is 25.7. The molecule has 1 aromatic heterocycles. The van der Waals surface area contributed by atoms with Crippen molar-refractivity contribution in [1.82, 2.24) is 9.88 Å². The SMILES string of the molecule is CSc1ccccc1NC(=S)N1CCC(c2nc(-c3ccc4c(c3)C(C)(C)CCC4(C)C)cs2)CC1. The summed E-state index contributed by atoms with van der Waals surface area (Å²) in [5, 5.41) is 7.83. The molecule has 190 valence electrons. The monoisotopic (exact) mass is 535 g/mol. The Bertz CT molecular complexity index is 1250. The maximum absolute atomic E-state index is 5.76. The quantitative estimate of drug-likeness (QED) is 0.267. The molecule has 3 nitrogen and oxygen atoms in total. The van der Waals surface area contributed by atoms with E-state index in [1.165, 1.54) is 39.4 Å². The lowest BCUT2D eigenvalue weighted by Crippen LogP contribution is -2.40. The number of nitrogens with zero attached hydrogens (tertiary/aromatic N) is 2. The van der Waals surface area contributed by atoms with E-state index in [9.17, 15) is 0 Å². The minimum absolute atomic E-state index is 0.218. The van der Waals surface area contributed by atoms with Crippen molar-refractivity contribution >= 4 is 46.1 Å². The van der Waals surface area contributed by atoms with Crippen molar-refractivity contribution in [3.63, 3.8) is 0 Å². The summed E-state index contributed by atoms with van der Waals surface area (Å²) in [4.78, 5) is 8.68. The summed E-state index contributed by atoms with van der Waals surface area (Å²) in [7, 11) is 0. The first-order chi connectivity index (χ1) is 17.2. The van der Waals surface area contributed by atoms with Crippen LogP contribution in [-0.2, 0) is 10.8 Å². The van der Waals surface area contributed by atoms with E-state index in [1.54, 1.807) is 11.8 Å². The van der Waals surface area contributed by atoms with E-state index < -0.39 is 0 Å². The van der Waals surface area contributed by atoms with E-state index in [0.717, 1.165) is 42.4 Å². The number of thioether (sulfide) groups is 1. The molecule has 6 heteroatoms. The van der Waals surface area contributed by atoms with Crippen LogP contribution in [0.15, 0.2) is 52.7 Å². The highest BCUT2D eigenvalue weighted by molar-refractivity contribution is 7.98. The van der Waals surface area contributed by atoms with Crippen molar-refractivity contribution in [1.29, 1.82) is 0 Å². The molecule has 2 aromatic carbocycles. The molecule has 0 amide bonds. The van der Waals surface area contributed by atoms with E-state index >= 15 is 0 Å². The molecule has 5 rings (SSSR count). The molecule has 0 atom stereocenters. The van der Waals surface area contributed by atoms with Crippen molar-refractivity contribution in [2.45, 2.75) is 75.0 Å². The Hall–Kier alpha value is -1.89. The highest BCUT2D eigenvalue weighted by Crippen LogP contribution is 2.47. The average Bonchev–Trinajstić information content (AvgIpc) is 3.37. The molecule has 1 aliphatic carbocycles. The first-order valence-electron chi connectivity index (χ1n) is 13.0. The summed E-state index contributed by atoms with van der Waals surface area (Å²) in [6, 6.07) is 15.4. The molecule has 0 bridgehead atoms. The molecule has 1 saturated heterocycles. The minimum Gasteiger partial charge on any atom is -0.349 e. The van der Waals surface area contributed by atoms with Gasteiger partial charge in [-0.2, -0.15) is 0 Å². The molecular formula is C30H37N3S3. The average molecular weight is 536 g/mol. The second-order valence-corrected chi connectivity index (χ2v) is 13.6. The molecule has 1 N–H and O–H groups in total. The molecule has 1 aliphatic heterocycles. The van der Waals surface area contributed by atoms with Crippen molar-refractivity contribution in [3.05, 3.63) is 64.0 Å². The number of hydrogen-bond acceptors (Lipinski definition) is 4. The third-order valence-corrected chi connectivity index (χ3v) is 10.3. The van der Waals surface area contributed by atoms with Crippen LogP contribution in [0.1, 0.15) is 75.4 Å². The molecule has 36 heavy (non-hydrogen) atoms. The lowest BCUT2D eigenvalue weighted by Gasteiger charge is -2.42. The largest absolute Gasteiger partial charge is 0.349 e. The van der Waals surface area contributed by atoms with Gasteiger partial charge in [-0.1, -0.05) is 52.0 Å². The number of likely N-dealkylation sites (tertiary alicyclic amines) is 1. The summed E-state index contributed by atoms with van der Waals surface area (Å²) in [6.07, 6.45) is 6.75. The van der Waals surface area contributed by atoms with Crippen molar-refractivity contribution in [3.8, 4) is 11.3 Å². The Morgan fingerprint density at radius 2 is 1.72 bits per heavy atom. The van der Waals surface area contributed by atoms with Crippen LogP contribution in [0.25, 0.3) is 11.3 Å². The summed E-state index contributed by atoms with van der Waals surface area (Å²) >= 11 is 9.33. The Kier molecular flexibility index (Phi) is 7.23. The minimum atomic E-state index is 0.218. The van der Waals surface area contributed by atoms with Gasteiger partial charge in [0.25, 0.3) is 0 Å². The van der Waals surface area contributed by atoms with Crippen LogP contribution >= 0.6 is 35.3 Å². The highest BCUT2D eigenvalue weighted by atomic mass is 32.2. The Labute approximate surface area is 230 Å². The molecule has 1 fully saturated rings. The van der Waals surface area contributed by atoms with Crippen LogP contribution in [0.3, 0.4) is 0 Å². The van der Waals surface area contributed by atoms with Gasteiger partial charge >= 0.3 is 0 Å². The van der Waals surface area contributed by atoms with Crippen molar-refractivity contribution in [2.24, 2.45) is 0 Å². The molecule has 2 aliphatic rings. The van der Waals surface area contributed by atoms with Gasteiger partial charge in [0.2, 0.25) is 0 Å². The number of anilines is 1. The molecule has 0 radical (unpaired) electrons. The number of para-hydroxylation sites is 1. The number of aromatic nitrogens is 1. The third kappa shape index (κ3) is 5.09. The lowest BCUT2D eigenvalue weighted by molar-refractivity contribution is 0.316.